The number of nitrogens with zero attached hydrogens (tertiary/aromatic N) is 2. The zero-order valence-electron chi connectivity index (χ0n) is 19.2. The lowest BCUT2D eigenvalue weighted by Crippen LogP contribution is -2.47. The van der Waals surface area contributed by atoms with Crippen LogP contribution in [0.3, 0.4) is 0 Å². The van der Waals surface area contributed by atoms with Crippen LogP contribution in [-0.4, -0.2) is 41.2 Å². The molecule has 34 heavy (non-hydrogen) atoms. The third kappa shape index (κ3) is 5.65. The van der Waals surface area contributed by atoms with Crippen LogP contribution in [0.4, 0.5) is 0 Å². The lowest BCUT2D eigenvalue weighted by atomic mass is 9.93. The van der Waals surface area contributed by atoms with Gasteiger partial charge in [-0.2, -0.15) is 0 Å². The monoisotopic (exact) mass is 514 g/mol. The molecule has 1 aliphatic rings. The van der Waals surface area contributed by atoms with Gasteiger partial charge in [0.15, 0.2) is 0 Å². The van der Waals surface area contributed by atoms with Crippen LogP contribution >= 0.6 is 34.5 Å². The van der Waals surface area contributed by atoms with E-state index in [-0.39, 0.29) is 24.4 Å². The molecule has 0 fully saturated rings. The molecule has 2 amide bonds. The number of rotatable bonds is 8. The first-order valence-corrected chi connectivity index (χ1v) is 13.2. The summed E-state index contributed by atoms with van der Waals surface area (Å²) in [6.45, 7) is 3.30. The van der Waals surface area contributed by atoms with E-state index in [1.54, 1.807) is 22.3 Å². The molecule has 1 atom stereocenters. The lowest BCUT2D eigenvalue weighted by Gasteiger charge is -2.38. The molecule has 0 aliphatic carbocycles. The van der Waals surface area contributed by atoms with Crippen LogP contribution in [0.2, 0.25) is 10.0 Å². The molecule has 0 spiro atoms. The van der Waals surface area contributed by atoms with E-state index in [2.05, 4.69) is 18.4 Å². The number of carbonyl (C=O) groups is 2. The second-order valence-corrected chi connectivity index (χ2v) is 10.4. The van der Waals surface area contributed by atoms with Gasteiger partial charge in [-0.3, -0.25) is 9.59 Å². The lowest BCUT2D eigenvalue weighted by molar-refractivity contribution is -0.141. The maximum absolute atomic E-state index is 13.7. The highest BCUT2D eigenvalue weighted by Crippen LogP contribution is 2.41. The van der Waals surface area contributed by atoms with E-state index in [1.807, 2.05) is 47.4 Å². The maximum atomic E-state index is 13.7. The van der Waals surface area contributed by atoms with E-state index in [0.29, 0.717) is 29.6 Å². The highest BCUT2D eigenvalue weighted by Gasteiger charge is 2.35. The van der Waals surface area contributed by atoms with Crippen LogP contribution in [0, 0.1) is 0 Å². The van der Waals surface area contributed by atoms with E-state index in [1.165, 1.54) is 4.88 Å². The molecule has 1 aromatic heterocycles. The first-order chi connectivity index (χ1) is 16.5. The zero-order chi connectivity index (χ0) is 24.1. The van der Waals surface area contributed by atoms with Crippen LogP contribution in [-0.2, 0) is 22.4 Å². The summed E-state index contributed by atoms with van der Waals surface area (Å²) in [6, 6.07) is 16.9. The quantitative estimate of drug-likeness (QED) is 0.348. The number of carbonyl (C=O) groups excluding carboxylic acids is 2. The molecule has 0 bridgehead atoms. The van der Waals surface area contributed by atoms with E-state index >= 15 is 0 Å². The van der Waals surface area contributed by atoms with Crippen molar-refractivity contribution in [3.63, 3.8) is 0 Å². The first-order valence-electron chi connectivity index (χ1n) is 11.6. The summed E-state index contributed by atoms with van der Waals surface area (Å²) < 4.78 is 0. The summed E-state index contributed by atoms with van der Waals surface area (Å²) in [4.78, 5) is 31.7. The second kappa shape index (κ2) is 11.4. The summed E-state index contributed by atoms with van der Waals surface area (Å²) in [5, 5.41) is 3.16. The Morgan fingerprint density at radius 3 is 2.62 bits per heavy atom. The second-order valence-electron chi connectivity index (χ2n) is 8.54. The molecule has 3 aromatic rings. The Labute approximate surface area is 215 Å². The Balaban J connectivity index is 1.59. The predicted molar refractivity (Wildman–Crippen MR) is 140 cm³/mol. The number of halogens is 2. The van der Waals surface area contributed by atoms with Crippen molar-refractivity contribution in [1.82, 2.24) is 9.80 Å². The number of thiophene rings is 1. The molecule has 2 aromatic carbocycles. The van der Waals surface area contributed by atoms with Gasteiger partial charge in [0.2, 0.25) is 11.8 Å². The predicted octanol–water partition coefficient (Wildman–Crippen LogP) is 6.40. The highest BCUT2D eigenvalue weighted by molar-refractivity contribution is 7.10. The van der Waals surface area contributed by atoms with Gasteiger partial charge in [-0.15, -0.1) is 11.3 Å². The summed E-state index contributed by atoms with van der Waals surface area (Å²) in [5.74, 6) is -0.0901. The van der Waals surface area contributed by atoms with E-state index in [9.17, 15) is 9.59 Å². The molecule has 0 N–H and O–H groups in total. The fourth-order valence-corrected chi connectivity index (χ4v) is 5.84. The Bertz CT molecular complexity index is 1150. The number of benzene rings is 2. The molecular weight excluding hydrogens is 487 g/mol. The standard InChI is InChI=1S/C27H28Cl2N2O2S/c1-2-3-13-30(25(32)16-19-7-5-4-6-8-19)18-26(33)31-14-11-24-22(12-15-34-24)27(31)21-10-9-20(28)17-23(21)29/h4-10,12,15,17,27H,2-3,11,13-14,16,18H2,1H3. The summed E-state index contributed by atoms with van der Waals surface area (Å²) in [5.41, 5.74) is 2.91. The largest absolute Gasteiger partial charge is 0.333 e. The van der Waals surface area contributed by atoms with Gasteiger partial charge in [-0.1, -0.05) is 72.9 Å². The highest BCUT2D eigenvalue weighted by atomic mass is 35.5. The molecule has 7 heteroatoms. The fourth-order valence-electron chi connectivity index (χ4n) is 4.42. The van der Waals surface area contributed by atoms with Crippen LogP contribution in [0.15, 0.2) is 60.0 Å². The van der Waals surface area contributed by atoms with Crippen LogP contribution in [0.1, 0.15) is 47.4 Å². The van der Waals surface area contributed by atoms with E-state index in [0.717, 1.165) is 36.0 Å². The Morgan fingerprint density at radius 1 is 1.09 bits per heavy atom. The number of hydrogen-bond acceptors (Lipinski definition) is 3. The summed E-state index contributed by atoms with van der Waals surface area (Å²) in [6.07, 6.45) is 2.90. The number of hydrogen-bond donors (Lipinski definition) is 0. The molecule has 0 saturated heterocycles. The molecule has 4 rings (SSSR count). The molecule has 0 radical (unpaired) electrons. The van der Waals surface area contributed by atoms with Gasteiger partial charge in [0.25, 0.3) is 0 Å². The Kier molecular flexibility index (Phi) is 8.30. The summed E-state index contributed by atoms with van der Waals surface area (Å²) in [7, 11) is 0. The molecule has 1 aliphatic heterocycles. The van der Waals surface area contributed by atoms with Crippen molar-refractivity contribution in [3.8, 4) is 0 Å². The fraction of sp³-hybridized carbons (Fsp3) is 0.333. The SMILES string of the molecule is CCCCN(CC(=O)N1CCc2sccc2C1c1ccc(Cl)cc1Cl)C(=O)Cc1ccccc1. The van der Waals surface area contributed by atoms with Gasteiger partial charge in [0, 0.05) is 28.0 Å². The van der Waals surface area contributed by atoms with Gasteiger partial charge < -0.3 is 9.80 Å². The van der Waals surface area contributed by atoms with Crippen LogP contribution in [0.25, 0.3) is 0 Å². The average Bonchev–Trinajstić information content (AvgIpc) is 3.31. The van der Waals surface area contributed by atoms with Crippen molar-refractivity contribution in [3.05, 3.63) is 91.6 Å². The van der Waals surface area contributed by atoms with E-state index in [4.69, 9.17) is 23.2 Å². The Hall–Kier alpha value is -2.34. The van der Waals surface area contributed by atoms with Gasteiger partial charge in [-0.25, -0.2) is 0 Å². The van der Waals surface area contributed by atoms with Gasteiger partial charge in [0.05, 0.1) is 19.0 Å². The first kappa shape index (κ1) is 24.8. The van der Waals surface area contributed by atoms with E-state index < -0.39 is 0 Å². The molecule has 0 saturated carbocycles. The van der Waals surface area contributed by atoms with Crippen molar-refractivity contribution in [2.75, 3.05) is 19.6 Å². The minimum absolute atomic E-state index is 0.0256. The summed E-state index contributed by atoms with van der Waals surface area (Å²) >= 11 is 14.4. The third-order valence-electron chi connectivity index (χ3n) is 6.20. The zero-order valence-corrected chi connectivity index (χ0v) is 21.5. The smallest absolute Gasteiger partial charge is 0.242 e. The average molecular weight is 516 g/mol. The van der Waals surface area contributed by atoms with Crippen molar-refractivity contribution < 1.29 is 9.59 Å². The van der Waals surface area contributed by atoms with Crippen LogP contribution < -0.4 is 0 Å². The van der Waals surface area contributed by atoms with Gasteiger partial charge in [-0.05, 0) is 53.1 Å². The van der Waals surface area contributed by atoms with Crippen molar-refractivity contribution in [2.24, 2.45) is 0 Å². The minimum Gasteiger partial charge on any atom is -0.333 e. The Morgan fingerprint density at radius 2 is 1.88 bits per heavy atom. The molecule has 2 heterocycles. The third-order valence-corrected chi connectivity index (χ3v) is 7.76. The molecule has 178 valence electrons. The number of unbranched alkanes of at least 4 members (excludes halogenated alkanes) is 1. The van der Waals surface area contributed by atoms with Crippen LogP contribution in [0.5, 0.6) is 0 Å². The van der Waals surface area contributed by atoms with Crippen molar-refractivity contribution >= 4 is 46.4 Å². The normalized spacial score (nSPS) is 15.1. The number of amides is 2. The molecule has 4 nitrogen and oxygen atoms in total. The van der Waals surface area contributed by atoms with Gasteiger partial charge >= 0.3 is 0 Å². The van der Waals surface area contributed by atoms with Crippen molar-refractivity contribution in [2.45, 2.75) is 38.6 Å². The topological polar surface area (TPSA) is 40.6 Å². The molecular formula is C27H28Cl2N2O2S. The number of fused-ring (bicyclic) bond motifs is 1. The molecule has 1 unspecified atom stereocenters. The van der Waals surface area contributed by atoms with Gasteiger partial charge in [0.1, 0.15) is 0 Å². The maximum Gasteiger partial charge on any atom is 0.242 e. The van der Waals surface area contributed by atoms with Crippen molar-refractivity contribution in [1.29, 1.82) is 0 Å². The minimum atomic E-state index is -0.287.